The Labute approximate surface area is 246 Å². The van der Waals surface area contributed by atoms with Crippen molar-refractivity contribution in [3.05, 3.63) is 132 Å². The van der Waals surface area contributed by atoms with Crippen molar-refractivity contribution in [1.29, 1.82) is 0 Å². The largest absolute Gasteiger partial charge is 0.478 e. The number of rotatable bonds is 10. The molecule has 43 heavy (non-hydrogen) atoms. The van der Waals surface area contributed by atoms with Crippen molar-refractivity contribution < 1.29 is 19.5 Å². The highest BCUT2D eigenvalue weighted by atomic mass is 16.6. The summed E-state index contributed by atoms with van der Waals surface area (Å²) in [5, 5.41) is 16.8. The molecule has 0 spiro atoms. The zero-order valence-corrected chi connectivity index (χ0v) is 23.1. The molecule has 3 aromatic heterocycles. The summed E-state index contributed by atoms with van der Waals surface area (Å²) in [6.07, 6.45) is 6.81. The first-order chi connectivity index (χ1) is 21.0. The molecule has 6 rings (SSSR count). The van der Waals surface area contributed by atoms with Crippen LogP contribution >= 0.6 is 0 Å². The summed E-state index contributed by atoms with van der Waals surface area (Å²) < 4.78 is 7.69. The van der Waals surface area contributed by atoms with Gasteiger partial charge in [-0.25, -0.2) is 14.8 Å². The number of aromatic carboxylic acids is 1. The van der Waals surface area contributed by atoms with Crippen LogP contribution in [0.25, 0.3) is 16.9 Å². The summed E-state index contributed by atoms with van der Waals surface area (Å²) in [5.41, 5.74) is 5.92. The lowest BCUT2D eigenvalue weighted by molar-refractivity contribution is 0.0697. The van der Waals surface area contributed by atoms with E-state index in [1.165, 1.54) is 0 Å². The topological polar surface area (TPSA) is 123 Å². The van der Waals surface area contributed by atoms with Gasteiger partial charge in [0.1, 0.15) is 29.5 Å². The van der Waals surface area contributed by atoms with Crippen LogP contribution < -0.4 is 10.1 Å². The summed E-state index contributed by atoms with van der Waals surface area (Å²) in [5.74, 6) is 0.848. The lowest BCUT2D eigenvalue weighted by Gasteiger charge is -2.10. The number of nitrogens with one attached hydrogen (secondary N) is 1. The number of imidazole rings is 1. The average molecular weight is 571 g/mol. The van der Waals surface area contributed by atoms with E-state index in [-0.39, 0.29) is 12.2 Å². The number of anilines is 2. The SMILES string of the molecule is Cc1cncc(Oc2ccc(/C=N\OCc3ccc4nc(-c5ccccc5)c(Nc5ccc(C(=O)O)cc5)n4c3)cc2)n1. The molecule has 0 bridgehead atoms. The number of hydrogen-bond acceptors (Lipinski definition) is 8. The molecular weight excluding hydrogens is 544 g/mol. The molecule has 6 aromatic rings. The molecule has 0 aliphatic rings. The molecule has 212 valence electrons. The Kier molecular flexibility index (Phi) is 7.72. The van der Waals surface area contributed by atoms with Gasteiger partial charge in [0.25, 0.3) is 0 Å². The van der Waals surface area contributed by atoms with Gasteiger partial charge in [-0.3, -0.25) is 9.38 Å². The van der Waals surface area contributed by atoms with Gasteiger partial charge in [0.2, 0.25) is 5.88 Å². The first-order valence-corrected chi connectivity index (χ1v) is 13.4. The standard InChI is InChI=1S/C33H26N6O4/c1-22-17-34-19-30(36-22)43-28-14-7-23(8-15-28)18-35-42-21-24-9-16-29-38-31(25-5-3-2-4-6-25)32(39(29)20-24)37-27-12-10-26(11-13-27)33(40)41/h2-20,37H,21H2,1H3,(H,40,41)/b35-18-. The molecule has 0 saturated heterocycles. The van der Waals surface area contributed by atoms with Gasteiger partial charge >= 0.3 is 5.97 Å². The second kappa shape index (κ2) is 12.2. The highest BCUT2D eigenvalue weighted by Gasteiger charge is 2.15. The number of pyridine rings is 1. The second-order valence-electron chi connectivity index (χ2n) is 9.63. The fourth-order valence-corrected chi connectivity index (χ4v) is 4.37. The number of carboxylic acids is 1. The van der Waals surface area contributed by atoms with Crippen molar-refractivity contribution >= 4 is 29.3 Å². The molecule has 10 heteroatoms. The molecule has 0 amide bonds. The van der Waals surface area contributed by atoms with Gasteiger partial charge in [-0.1, -0.05) is 41.6 Å². The number of fused-ring (bicyclic) bond motifs is 1. The number of carboxylic acid groups (broad SMARTS) is 1. The van der Waals surface area contributed by atoms with Gasteiger partial charge in [0, 0.05) is 29.2 Å². The molecule has 2 N–H and O–H groups in total. The van der Waals surface area contributed by atoms with Gasteiger partial charge < -0.3 is 20.0 Å². The van der Waals surface area contributed by atoms with Crippen LogP contribution in [0.15, 0.2) is 115 Å². The van der Waals surface area contributed by atoms with E-state index in [4.69, 9.17) is 14.6 Å². The number of hydrogen-bond donors (Lipinski definition) is 2. The predicted molar refractivity (Wildman–Crippen MR) is 163 cm³/mol. The van der Waals surface area contributed by atoms with Crippen LogP contribution in [0.1, 0.15) is 27.2 Å². The van der Waals surface area contributed by atoms with Crippen molar-refractivity contribution in [2.24, 2.45) is 5.16 Å². The Morgan fingerprint density at radius 1 is 0.953 bits per heavy atom. The van der Waals surface area contributed by atoms with E-state index in [0.717, 1.165) is 45.2 Å². The molecule has 10 nitrogen and oxygen atoms in total. The zero-order valence-electron chi connectivity index (χ0n) is 23.1. The Bertz CT molecular complexity index is 1900. The zero-order chi connectivity index (χ0) is 29.6. The number of carbonyl (C=O) groups is 1. The Morgan fingerprint density at radius 2 is 1.74 bits per heavy atom. The van der Waals surface area contributed by atoms with Crippen molar-refractivity contribution in [3.63, 3.8) is 0 Å². The van der Waals surface area contributed by atoms with Crippen LogP contribution in [0.5, 0.6) is 11.6 Å². The minimum atomic E-state index is -0.974. The van der Waals surface area contributed by atoms with Crippen molar-refractivity contribution in [1.82, 2.24) is 19.4 Å². The van der Waals surface area contributed by atoms with Crippen LogP contribution in [0.4, 0.5) is 11.5 Å². The molecule has 0 fully saturated rings. The summed E-state index contributed by atoms with van der Waals surface area (Å²) >= 11 is 0. The van der Waals surface area contributed by atoms with Gasteiger partial charge in [0.15, 0.2) is 0 Å². The highest BCUT2D eigenvalue weighted by Crippen LogP contribution is 2.31. The number of aromatic nitrogens is 4. The molecule has 0 atom stereocenters. The maximum absolute atomic E-state index is 11.3. The summed E-state index contributed by atoms with van der Waals surface area (Å²) in [6, 6.07) is 27.7. The minimum Gasteiger partial charge on any atom is -0.478 e. The molecule has 0 aliphatic heterocycles. The molecule has 0 radical (unpaired) electrons. The van der Waals surface area contributed by atoms with E-state index < -0.39 is 5.97 Å². The van der Waals surface area contributed by atoms with Gasteiger partial charge in [-0.05, 0) is 67.1 Å². The summed E-state index contributed by atoms with van der Waals surface area (Å²) in [4.78, 5) is 30.1. The molecule has 0 unspecified atom stereocenters. The molecule has 0 saturated carbocycles. The maximum atomic E-state index is 11.3. The average Bonchev–Trinajstić information content (AvgIpc) is 3.38. The summed E-state index contributed by atoms with van der Waals surface area (Å²) in [7, 11) is 0. The third kappa shape index (κ3) is 6.49. The number of benzene rings is 3. The second-order valence-corrected chi connectivity index (χ2v) is 9.63. The van der Waals surface area contributed by atoms with Crippen LogP contribution in [-0.2, 0) is 11.4 Å². The minimum absolute atomic E-state index is 0.216. The van der Waals surface area contributed by atoms with Crippen molar-refractivity contribution in [3.8, 4) is 22.9 Å². The molecule has 3 aromatic carbocycles. The lowest BCUT2D eigenvalue weighted by atomic mass is 10.1. The number of ether oxygens (including phenoxy) is 1. The molecule has 0 aliphatic carbocycles. The van der Waals surface area contributed by atoms with Crippen LogP contribution in [-0.4, -0.2) is 36.6 Å². The molecular formula is C33H26N6O4. The summed E-state index contributed by atoms with van der Waals surface area (Å²) in [6.45, 7) is 2.10. The highest BCUT2D eigenvalue weighted by molar-refractivity contribution is 5.88. The van der Waals surface area contributed by atoms with E-state index >= 15 is 0 Å². The van der Waals surface area contributed by atoms with Gasteiger partial charge in [-0.15, -0.1) is 0 Å². The third-order valence-corrected chi connectivity index (χ3v) is 6.46. The maximum Gasteiger partial charge on any atom is 0.335 e. The van der Waals surface area contributed by atoms with Crippen molar-refractivity contribution in [2.45, 2.75) is 13.5 Å². The number of aryl methyl sites for hydroxylation is 1. The van der Waals surface area contributed by atoms with E-state index in [1.807, 2.05) is 84.3 Å². The third-order valence-electron chi connectivity index (χ3n) is 6.46. The quantitative estimate of drug-likeness (QED) is 0.135. The van der Waals surface area contributed by atoms with E-state index in [0.29, 0.717) is 11.6 Å². The Morgan fingerprint density at radius 3 is 2.49 bits per heavy atom. The van der Waals surface area contributed by atoms with Crippen LogP contribution in [0.3, 0.4) is 0 Å². The van der Waals surface area contributed by atoms with Gasteiger partial charge in [-0.2, -0.15) is 0 Å². The van der Waals surface area contributed by atoms with E-state index in [1.54, 1.807) is 42.9 Å². The van der Waals surface area contributed by atoms with Crippen molar-refractivity contribution in [2.75, 3.05) is 5.32 Å². The Balaban J connectivity index is 1.17. The van der Waals surface area contributed by atoms with E-state index in [2.05, 4.69) is 20.4 Å². The normalized spacial score (nSPS) is 11.1. The first kappa shape index (κ1) is 27.2. The first-order valence-electron chi connectivity index (χ1n) is 13.4. The van der Waals surface area contributed by atoms with Gasteiger partial charge in [0.05, 0.1) is 23.7 Å². The Hall–Kier alpha value is -6.03. The van der Waals surface area contributed by atoms with Crippen LogP contribution in [0, 0.1) is 6.92 Å². The molecule has 3 heterocycles. The fraction of sp³-hybridized carbons (Fsp3) is 0.0606. The number of nitrogens with zero attached hydrogens (tertiary/aromatic N) is 5. The van der Waals surface area contributed by atoms with Crippen LogP contribution in [0.2, 0.25) is 0 Å². The fourth-order valence-electron chi connectivity index (χ4n) is 4.37. The smallest absolute Gasteiger partial charge is 0.335 e. The monoisotopic (exact) mass is 570 g/mol. The number of oxime groups is 1. The van der Waals surface area contributed by atoms with E-state index in [9.17, 15) is 9.90 Å². The lowest BCUT2D eigenvalue weighted by Crippen LogP contribution is -2.00. The predicted octanol–water partition coefficient (Wildman–Crippen LogP) is 6.88.